The van der Waals surface area contributed by atoms with Gasteiger partial charge in [0.2, 0.25) is 0 Å². The molecule has 3 aliphatic rings. The lowest BCUT2D eigenvalue weighted by Crippen LogP contribution is -2.43. The van der Waals surface area contributed by atoms with Gasteiger partial charge in [0.05, 0.1) is 24.1 Å². The Morgan fingerprint density at radius 2 is 1.76 bits per heavy atom. The lowest BCUT2D eigenvalue weighted by molar-refractivity contribution is 0.0564. The van der Waals surface area contributed by atoms with Gasteiger partial charge >= 0.3 is 12.0 Å². The maximum Gasteiger partial charge on any atom is 0.336 e. The molecule has 2 aliphatic heterocycles. The number of morpholine rings is 1. The number of carboxylic acid groups (broad SMARTS) is 1. The van der Waals surface area contributed by atoms with E-state index >= 15 is 0 Å². The van der Waals surface area contributed by atoms with Gasteiger partial charge in [0.1, 0.15) is 11.3 Å². The zero-order valence-electron chi connectivity index (χ0n) is 17.6. The second-order valence-electron chi connectivity index (χ2n) is 7.78. The molecule has 2 aromatic carbocycles. The second kappa shape index (κ2) is 8.40. The molecule has 8 heteroatoms. The van der Waals surface area contributed by atoms with Crippen LogP contribution in [0.1, 0.15) is 10.4 Å². The Balaban J connectivity index is 1.67. The van der Waals surface area contributed by atoms with Gasteiger partial charge in [-0.3, -0.25) is 0 Å². The molecule has 2 heterocycles. The normalized spacial score (nSPS) is 13.9. The first-order valence-electron chi connectivity index (χ1n) is 10.5. The third kappa shape index (κ3) is 3.92. The summed E-state index contributed by atoms with van der Waals surface area (Å²) in [6.45, 7) is 2.07. The molecule has 166 valence electrons. The summed E-state index contributed by atoms with van der Waals surface area (Å²) in [7, 11) is 0. The standard InChI is InChI=1S/C25H21N3O5/c26-15-5-7-19-21(13-15)33-22-14-16(27-25(31)28-9-11-32-12-10-28)6-8-20(22)23(19)17-3-1-2-4-18(17)24(29)30/h1-8,13-14,26H,9-12H2,(H,27,31)(H,29,30). The van der Waals surface area contributed by atoms with E-state index in [1.165, 1.54) is 0 Å². The molecule has 1 fully saturated rings. The second-order valence-corrected chi connectivity index (χ2v) is 7.78. The summed E-state index contributed by atoms with van der Waals surface area (Å²) in [6.07, 6.45) is 0. The van der Waals surface area contributed by atoms with Crippen LogP contribution >= 0.6 is 0 Å². The number of fused-ring (bicyclic) bond motifs is 2. The number of nitrogens with zero attached hydrogens (tertiary/aromatic N) is 1. The molecule has 5 rings (SSSR count). The predicted molar refractivity (Wildman–Crippen MR) is 122 cm³/mol. The average molecular weight is 443 g/mol. The maximum atomic E-state index is 12.6. The smallest absolute Gasteiger partial charge is 0.336 e. The van der Waals surface area contributed by atoms with Gasteiger partial charge in [-0.2, -0.15) is 0 Å². The quantitative estimate of drug-likeness (QED) is 0.410. The van der Waals surface area contributed by atoms with Crippen molar-refractivity contribution in [3.8, 4) is 22.5 Å². The van der Waals surface area contributed by atoms with Gasteiger partial charge in [0, 0.05) is 47.4 Å². The van der Waals surface area contributed by atoms with E-state index in [4.69, 9.17) is 14.6 Å². The Morgan fingerprint density at radius 1 is 0.970 bits per heavy atom. The van der Waals surface area contributed by atoms with Crippen molar-refractivity contribution in [2.24, 2.45) is 0 Å². The molecule has 1 aliphatic carbocycles. The summed E-state index contributed by atoms with van der Waals surface area (Å²) in [5.74, 6) is -0.568. The minimum absolute atomic E-state index is 0.172. The van der Waals surface area contributed by atoms with Crippen LogP contribution in [0.15, 0.2) is 65.1 Å². The van der Waals surface area contributed by atoms with E-state index in [0.29, 0.717) is 65.4 Å². The summed E-state index contributed by atoms with van der Waals surface area (Å²) < 4.78 is 11.4. The molecule has 33 heavy (non-hydrogen) atoms. The van der Waals surface area contributed by atoms with Crippen molar-refractivity contribution in [3.63, 3.8) is 0 Å². The van der Waals surface area contributed by atoms with Crippen LogP contribution in [0.25, 0.3) is 33.4 Å². The van der Waals surface area contributed by atoms with Crippen molar-refractivity contribution in [3.05, 3.63) is 71.6 Å². The molecule has 0 saturated carbocycles. The Morgan fingerprint density at radius 3 is 2.55 bits per heavy atom. The number of carboxylic acids is 1. The molecule has 3 N–H and O–H groups in total. The van der Waals surface area contributed by atoms with Crippen LogP contribution in [0.2, 0.25) is 0 Å². The van der Waals surface area contributed by atoms with Gasteiger partial charge in [-0.25, -0.2) is 9.59 Å². The zero-order chi connectivity index (χ0) is 22.9. The highest BCUT2D eigenvalue weighted by Crippen LogP contribution is 2.41. The van der Waals surface area contributed by atoms with Gasteiger partial charge in [0.25, 0.3) is 0 Å². The van der Waals surface area contributed by atoms with Gasteiger partial charge in [-0.05, 0) is 35.9 Å². The number of aromatic carboxylic acids is 1. The van der Waals surface area contributed by atoms with Crippen LogP contribution in [0.5, 0.6) is 0 Å². The van der Waals surface area contributed by atoms with Crippen molar-refractivity contribution in [1.82, 2.24) is 4.90 Å². The molecule has 0 aromatic heterocycles. The van der Waals surface area contributed by atoms with Gasteiger partial charge in [0.15, 0.2) is 0 Å². The van der Waals surface area contributed by atoms with E-state index in [1.807, 2.05) is 6.07 Å². The van der Waals surface area contributed by atoms with Crippen LogP contribution in [0.4, 0.5) is 10.5 Å². The third-order valence-electron chi connectivity index (χ3n) is 5.70. The summed E-state index contributed by atoms with van der Waals surface area (Å²) in [6, 6.07) is 16.9. The lowest BCUT2D eigenvalue weighted by atomic mass is 9.91. The number of carbonyl (C=O) groups excluding carboxylic acids is 1. The van der Waals surface area contributed by atoms with E-state index in [9.17, 15) is 14.7 Å². The fourth-order valence-electron chi connectivity index (χ4n) is 4.11. The Kier molecular flexibility index (Phi) is 5.27. The number of rotatable bonds is 3. The van der Waals surface area contributed by atoms with Crippen LogP contribution in [-0.4, -0.2) is 48.3 Å². The number of hydrogen-bond donors (Lipinski definition) is 3. The van der Waals surface area contributed by atoms with Gasteiger partial charge in [-0.1, -0.05) is 18.2 Å². The number of nitrogens with one attached hydrogen (secondary N) is 2. The first kappa shape index (κ1) is 20.7. The minimum Gasteiger partial charge on any atom is -0.478 e. The fraction of sp³-hybridized carbons (Fsp3) is 0.160. The molecule has 2 amide bonds. The molecular formula is C25H21N3O5. The number of carbonyl (C=O) groups is 2. The Labute approximate surface area is 188 Å². The molecule has 0 unspecified atom stereocenters. The van der Waals surface area contributed by atoms with Crippen molar-refractivity contribution in [2.75, 3.05) is 31.6 Å². The monoisotopic (exact) mass is 443 g/mol. The SMILES string of the molecule is N=c1ccc2c(-c3ccccc3C(=O)O)c3ccc(NC(=O)N4CCOCC4)cc3oc-2c1. The largest absolute Gasteiger partial charge is 0.478 e. The van der Waals surface area contributed by atoms with Crippen molar-refractivity contribution in [1.29, 1.82) is 5.41 Å². The maximum absolute atomic E-state index is 12.6. The Bertz CT molecular complexity index is 1400. The highest BCUT2D eigenvalue weighted by atomic mass is 16.5. The summed E-state index contributed by atoms with van der Waals surface area (Å²) in [5, 5.41) is 21.6. The molecule has 8 nitrogen and oxygen atoms in total. The molecule has 2 aromatic rings. The first-order valence-corrected chi connectivity index (χ1v) is 10.5. The summed E-state index contributed by atoms with van der Waals surface area (Å²) >= 11 is 0. The zero-order valence-corrected chi connectivity index (χ0v) is 17.6. The van der Waals surface area contributed by atoms with E-state index in [0.717, 1.165) is 0 Å². The van der Waals surface area contributed by atoms with Gasteiger partial charge < -0.3 is 29.9 Å². The van der Waals surface area contributed by atoms with Crippen molar-refractivity contribution >= 4 is 28.7 Å². The van der Waals surface area contributed by atoms with Crippen molar-refractivity contribution in [2.45, 2.75) is 0 Å². The number of amides is 2. The predicted octanol–water partition coefficient (Wildman–Crippen LogP) is 4.25. The molecule has 1 saturated heterocycles. The number of urea groups is 1. The van der Waals surface area contributed by atoms with E-state index in [2.05, 4.69) is 5.32 Å². The molecular weight excluding hydrogens is 422 g/mol. The highest BCUT2D eigenvalue weighted by Gasteiger charge is 2.22. The number of anilines is 1. The molecule has 0 bridgehead atoms. The number of ether oxygens (including phenoxy) is 1. The minimum atomic E-state index is -1.03. The van der Waals surface area contributed by atoms with Crippen molar-refractivity contribution < 1.29 is 23.8 Å². The van der Waals surface area contributed by atoms with Crippen LogP contribution in [0, 0.1) is 5.41 Å². The third-order valence-corrected chi connectivity index (χ3v) is 5.70. The number of benzene rings is 3. The highest BCUT2D eigenvalue weighted by molar-refractivity contribution is 6.08. The topological polar surface area (TPSA) is 116 Å². The average Bonchev–Trinajstić information content (AvgIpc) is 2.83. The van der Waals surface area contributed by atoms with E-state index in [-0.39, 0.29) is 17.0 Å². The fourth-order valence-corrected chi connectivity index (χ4v) is 4.11. The van der Waals surface area contributed by atoms with E-state index < -0.39 is 5.97 Å². The van der Waals surface area contributed by atoms with Crippen LogP contribution in [-0.2, 0) is 4.74 Å². The summed E-state index contributed by atoms with van der Waals surface area (Å²) in [5.41, 5.74) is 3.17. The van der Waals surface area contributed by atoms with E-state index in [1.54, 1.807) is 59.5 Å². The Hall–Kier alpha value is -4.17. The molecule has 0 atom stereocenters. The number of hydrogen-bond acceptors (Lipinski definition) is 5. The first-order chi connectivity index (χ1) is 16.0. The molecule has 0 spiro atoms. The van der Waals surface area contributed by atoms with Crippen LogP contribution in [0.3, 0.4) is 0 Å². The lowest BCUT2D eigenvalue weighted by Gasteiger charge is -2.27. The molecule has 0 radical (unpaired) electrons. The summed E-state index contributed by atoms with van der Waals surface area (Å²) in [4.78, 5) is 26.2. The van der Waals surface area contributed by atoms with Gasteiger partial charge in [-0.15, -0.1) is 0 Å². The van der Waals surface area contributed by atoms with Crippen LogP contribution < -0.4 is 10.7 Å².